The molecule has 0 saturated heterocycles. The summed E-state index contributed by atoms with van der Waals surface area (Å²) < 4.78 is 13.7. The minimum absolute atomic E-state index is 0.0593. The monoisotopic (exact) mass is 273 g/mol. The normalized spacial score (nSPS) is 12.1. The van der Waals surface area contributed by atoms with Gasteiger partial charge in [0.25, 0.3) is 0 Å². The zero-order chi connectivity index (χ0) is 14.5. The Morgan fingerprint density at radius 2 is 1.95 bits per heavy atom. The molecule has 0 radical (unpaired) electrons. The van der Waals surface area contributed by atoms with E-state index in [4.69, 9.17) is 5.11 Å². The maximum absolute atomic E-state index is 13.7. The van der Waals surface area contributed by atoms with E-state index in [0.29, 0.717) is 5.56 Å². The lowest BCUT2D eigenvalue weighted by molar-refractivity contribution is 0.0696. The second-order valence-electron chi connectivity index (χ2n) is 4.62. The fourth-order valence-electron chi connectivity index (χ4n) is 1.97. The van der Waals surface area contributed by atoms with Gasteiger partial charge >= 0.3 is 5.97 Å². The molecule has 20 heavy (non-hydrogen) atoms. The van der Waals surface area contributed by atoms with Crippen molar-refractivity contribution in [2.75, 3.05) is 0 Å². The maximum Gasteiger partial charge on any atom is 0.335 e. The minimum atomic E-state index is -1.05. The number of hydrogen-bond donors (Lipinski definition) is 2. The van der Waals surface area contributed by atoms with Crippen LogP contribution in [0.3, 0.4) is 0 Å². The number of rotatable bonds is 5. The van der Waals surface area contributed by atoms with Crippen LogP contribution < -0.4 is 5.32 Å². The summed E-state index contributed by atoms with van der Waals surface area (Å²) in [5, 5.41) is 12.1. The smallest absolute Gasteiger partial charge is 0.335 e. The first kappa shape index (κ1) is 14.2. The third-order valence-electron chi connectivity index (χ3n) is 3.19. The van der Waals surface area contributed by atoms with E-state index in [2.05, 4.69) is 5.32 Å². The van der Waals surface area contributed by atoms with Crippen molar-refractivity contribution in [3.63, 3.8) is 0 Å². The van der Waals surface area contributed by atoms with Crippen LogP contribution in [0.25, 0.3) is 0 Å². The van der Waals surface area contributed by atoms with Gasteiger partial charge in [0, 0.05) is 18.2 Å². The first-order valence-electron chi connectivity index (χ1n) is 6.38. The van der Waals surface area contributed by atoms with Crippen LogP contribution in [-0.4, -0.2) is 11.1 Å². The lowest BCUT2D eigenvalue weighted by Gasteiger charge is -2.14. The molecular weight excluding hydrogens is 257 g/mol. The molecule has 2 N–H and O–H groups in total. The molecule has 0 aromatic heterocycles. The summed E-state index contributed by atoms with van der Waals surface area (Å²) in [6.07, 6.45) is 0. The number of hydrogen-bond acceptors (Lipinski definition) is 2. The molecule has 0 aliphatic rings. The van der Waals surface area contributed by atoms with Gasteiger partial charge in [-0.2, -0.15) is 0 Å². The van der Waals surface area contributed by atoms with Crippen molar-refractivity contribution < 1.29 is 14.3 Å². The Hall–Kier alpha value is -2.20. The van der Waals surface area contributed by atoms with Crippen molar-refractivity contribution in [2.24, 2.45) is 0 Å². The van der Waals surface area contributed by atoms with Crippen molar-refractivity contribution >= 4 is 5.97 Å². The minimum Gasteiger partial charge on any atom is -0.478 e. The van der Waals surface area contributed by atoms with Crippen LogP contribution >= 0.6 is 0 Å². The van der Waals surface area contributed by atoms with Gasteiger partial charge < -0.3 is 10.4 Å². The first-order valence-corrected chi connectivity index (χ1v) is 6.38. The molecule has 0 amide bonds. The highest BCUT2D eigenvalue weighted by atomic mass is 19.1. The van der Waals surface area contributed by atoms with Gasteiger partial charge in [-0.15, -0.1) is 0 Å². The Kier molecular flexibility index (Phi) is 4.48. The number of carboxylic acid groups (broad SMARTS) is 1. The molecule has 1 atom stereocenters. The predicted octanol–water partition coefficient (Wildman–Crippen LogP) is 3.37. The van der Waals surface area contributed by atoms with Crippen LogP contribution in [0.15, 0.2) is 48.5 Å². The summed E-state index contributed by atoms with van der Waals surface area (Å²) in [6.45, 7) is 2.26. The highest BCUT2D eigenvalue weighted by Gasteiger charge is 2.10. The van der Waals surface area contributed by atoms with Gasteiger partial charge in [0.15, 0.2) is 0 Å². The van der Waals surface area contributed by atoms with Crippen molar-refractivity contribution in [2.45, 2.75) is 19.5 Å². The average Bonchev–Trinajstić information content (AvgIpc) is 2.46. The summed E-state index contributed by atoms with van der Waals surface area (Å²) in [4.78, 5) is 10.9. The molecular formula is C16H16FNO2. The molecule has 3 nitrogen and oxygen atoms in total. The van der Waals surface area contributed by atoms with E-state index < -0.39 is 11.8 Å². The van der Waals surface area contributed by atoms with E-state index in [0.717, 1.165) is 5.56 Å². The summed E-state index contributed by atoms with van der Waals surface area (Å²) in [6, 6.07) is 13.7. The van der Waals surface area contributed by atoms with Gasteiger partial charge in [0.1, 0.15) is 5.82 Å². The highest BCUT2D eigenvalue weighted by molar-refractivity contribution is 5.87. The number of carboxylic acids is 1. The Morgan fingerprint density at radius 3 is 2.60 bits per heavy atom. The Balaban J connectivity index is 2.07. The maximum atomic E-state index is 13.7. The fraction of sp³-hybridized carbons (Fsp3) is 0.188. The molecule has 0 fully saturated rings. The topological polar surface area (TPSA) is 49.3 Å². The molecule has 0 saturated carbocycles. The Labute approximate surface area is 117 Å². The second-order valence-corrected chi connectivity index (χ2v) is 4.62. The van der Waals surface area contributed by atoms with Crippen molar-refractivity contribution in [1.82, 2.24) is 5.32 Å². The largest absolute Gasteiger partial charge is 0.478 e. The summed E-state index contributed by atoms with van der Waals surface area (Å²) >= 11 is 0. The van der Waals surface area contributed by atoms with E-state index in [1.165, 1.54) is 18.2 Å². The van der Waals surface area contributed by atoms with Crippen molar-refractivity contribution in [1.29, 1.82) is 0 Å². The van der Waals surface area contributed by atoms with E-state index in [1.54, 1.807) is 0 Å². The average molecular weight is 273 g/mol. The summed E-state index contributed by atoms with van der Waals surface area (Å²) in [5.74, 6) is -1.45. The third kappa shape index (κ3) is 3.42. The van der Waals surface area contributed by atoms with Gasteiger partial charge in [-0.05, 0) is 30.7 Å². The Morgan fingerprint density at radius 1 is 1.25 bits per heavy atom. The lowest BCUT2D eigenvalue weighted by Crippen LogP contribution is -2.19. The molecule has 104 valence electrons. The van der Waals surface area contributed by atoms with Gasteiger partial charge in [-0.3, -0.25) is 0 Å². The predicted molar refractivity (Wildman–Crippen MR) is 75.1 cm³/mol. The zero-order valence-corrected chi connectivity index (χ0v) is 11.1. The van der Waals surface area contributed by atoms with Gasteiger partial charge in [0.05, 0.1) is 5.56 Å². The highest BCUT2D eigenvalue weighted by Crippen LogP contribution is 2.15. The first-order chi connectivity index (χ1) is 9.58. The molecule has 0 heterocycles. The molecule has 0 spiro atoms. The molecule has 0 bridgehead atoms. The fourth-order valence-corrected chi connectivity index (χ4v) is 1.97. The number of benzene rings is 2. The SMILES string of the molecule is CC(NCc1cc(C(=O)O)ccc1F)c1ccccc1. The number of nitrogens with one attached hydrogen (secondary N) is 1. The molecule has 0 aliphatic heterocycles. The quantitative estimate of drug-likeness (QED) is 0.878. The molecule has 4 heteroatoms. The van der Waals surface area contributed by atoms with Crippen LogP contribution in [0.4, 0.5) is 4.39 Å². The number of halogens is 1. The standard InChI is InChI=1S/C16H16FNO2/c1-11(12-5-3-2-4-6-12)18-10-14-9-13(16(19)20)7-8-15(14)17/h2-9,11,18H,10H2,1H3,(H,19,20). The van der Waals surface area contributed by atoms with E-state index in [9.17, 15) is 9.18 Å². The van der Waals surface area contributed by atoms with E-state index >= 15 is 0 Å². The van der Waals surface area contributed by atoms with Crippen LogP contribution in [0, 0.1) is 5.82 Å². The second kappa shape index (κ2) is 6.30. The molecule has 2 aromatic carbocycles. The third-order valence-corrected chi connectivity index (χ3v) is 3.19. The summed E-state index contributed by atoms with van der Waals surface area (Å²) in [5.41, 5.74) is 1.55. The van der Waals surface area contributed by atoms with Crippen molar-refractivity contribution in [3.05, 3.63) is 71.0 Å². The number of aromatic carboxylic acids is 1. The molecule has 1 unspecified atom stereocenters. The molecule has 2 rings (SSSR count). The van der Waals surface area contributed by atoms with Gasteiger partial charge in [-0.1, -0.05) is 30.3 Å². The zero-order valence-electron chi connectivity index (χ0n) is 11.1. The Bertz CT molecular complexity index is 599. The van der Waals surface area contributed by atoms with E-state index in [1.807, 2.05) is 37.3 Å². The van der Waals surface area contributed by atoms with Gasteiger partial charge in [0.2, 0.25) is 0 Å². The summed E-state index contributed by atoms with van der Waals surface area (Å²) in [7, 11) is 0. The van der Waals surface area contributed by atoms with Crippen molar-refractivity contribution in [3.8, 4) is 0 Å². The van der Waals surface area contributed by atoms with Crippen LogP contribution in [0.5, 0.6) is 0 Å². The van der Waals surface area contributed by atoms with Gasteiger partial charge in [-0.25, -0.2) is 9.18 Å². The van der Waals surface area contributed by atoms with Crippen LogP contribution in [0.1, 0.15) is 34.5 Å². The van der Waals surface area contributed by atoms with Crippen LogP contribution in [-0.2, 0) is 6.54 Å². The van der Waals surface area contributed by atoms with Crippen LogP contribution in [0.2, 0.25) is 0 Å². The molecule has 0 aliphatic carbocycles. The number of carbonyl (C=O) groups is 1. The lowest BCUT2D eigenvalue weighted by atomic mass is 10.1. The van der Waals surface area contributed by atoms with E-state index in [-0.39, 0.29) is 18.2 Å². The molecule has 2 aromatic rings.